The second-order valence-corrected chi connectivity index (χ2v) is 5.48. The van der Waals surface area contributed by atoms with Crippen molar-refractivity contribution in [3.63, 3.8) is 0 Å². The topological polar surface area (TPSA) is 38.1 Å². The second-order valence-electron chi connectivity index (χ2n) is 5.12. The van der Waals surface area contributed by atoms with Crippen molar-refractivity contribution in [3.05, 3.63) is 95.0 Å². The highest BCUT2D eigenvalue weighted by Crippen LogP contribution is 2.23. The van der Waals surface area contributed by atoms with E-state index in [0.29, 0.717) is 10.8 Å². The summed E-state index contributed by atoms with van der Waals surface area (Å²) < 4.78 is 0. The van der Waals surface area contributed by atoms with E-state index in [0.717, 1.165) is 16.8 Å². The van der Waals surface area contributed by atoms with E-state index >= 15 is 0 Å². The van der Waals surface area contributed by atoms with Gasteiger partial charge in [0.1, 0.15) is 5.69 Å². The summed E-state index contributed by atoms with van der Waals surface area (Å²) in [5.74, 6) is 0. The van der Waals surface area contributed by atoms with Gasteiger partial charge in [-0.05, 0) is 6.92 Å². The van der Waals surface area contributed by atoms with E-state index in [9.17, 15) is 0 Å². The number of hydrogen-bond acceptors (Lipinski definition) is 3. The maximum absolute atomic E-state index is 6.15. The molecule has 1 aromatic heterocycles. The van der Waals surface area contributed by atoms with E-state index in [4.69, 9.17) is 16.6 Å². The Hall–Kier alpha value is -2.52. The van der Waals surface area contributed by atoms with Gasteiger partial charge in [0.25, 0.3) is 0 Å². The zero-order valence-electron chi connectivity index (χ0n) is 12.7. The minimum atomic E-state index is -0.188. The molecule has 1 heterocycles. The van der Waals surface area contributed by atoms with Gasteiger partial charge in [0, 0.05) is 23.5 Å². The maximum Gasteiger partial charge on any atom is 0.152 e. The van der Waals surface area contributed by atoms with Crippen LogP contribution in [0.4, 0.5) is 0 Å². The van der Waals surface area contributed by atoms with E-state index in [1.807, 2.05) is 43.3 Å². The molecule has 23 heavy (non-hydrogen) atoms. The van der Waals surface area contributed by atoms with Crippen molar-refractivity contribution in [2.45, 2.75) is 13.0 Å². The molecule has 0 amide bonds. The molecule has 0 N–H and O–H groups in total. The molecule has 1 atom stereocenters. The molecule has 3 aromatic rings. The summed E-state index contributed by atoms with van der Waals surface area (Å²) in [4.78, 5) is 13.3. The molecule has 0 fully saturated rings. The van der Waals surface area contributed by atoms with Crippen LogP contribution >= 0.6 is 11.6 Å². The first kappa shape index (κ1) is 15.4. The summed E-state index contributed by atoms with van der Waals surface area (Å²) in [7, 11) is 0. The van der Waals surface area contributed by atoms with Gasteiger partial charge in [0.05, 0.1) is 11.8 Å². The zero-order chi connectivity index (χ0) is 16.1. The molecular weight excluding hydrogens is 306 g/mol. The van der Waals surface area contributed by atoms with E-state index in [1.54, 1.807) is 12.4 Å². The molecule has 0 saturated heterocycles. The number of aliphatic imine (C=N–C) groups is 1. The first-order valence-corrected chi connectivity index (χ1v) is 7.78. The van der Waals surface area contributed by atoms with Crippen LogP contribution in [-0.2, 0) is 0 Å². The predicted molar refractivity (Wildman–Crippen MR) is 94.0 cm³/mol. The van der Waals surface area contributed by atoms with Gasteiger partial charge in [-0.3, -0.25) is 9.98 Å². The van der Waals surface area contributed by atoms with Gasteiger partial charge >= 0.3 is 0 Å². The van der Waals surface area contributed by atoms with Gasteiger partial charge < -0.3 is 0 Å². The van der Waals surface area contributed by atoms with Crippen molar-refractivity contribution in [2.24, 2.45) is 4.99 Å². The van der Waals surface area contributed by atoms with Gasteiger partial charge in [-0.15, -0.1) is 0 Å². The SMILES string of the molecule is CC(N=C(c1ccccc1)c1ccccc1)c1nccnc1Cl. The van der Waals surface area contributed by atoms with Crippen LogP contribution in [0.2, 0.25) is 5.15 Å². The van der Waals surface area contributed by atoms with Crippen LogP contribution in [-0.4, -0.2) is 15.7 Å². The van der Waals surface area contributed by atoms with Gasteiger partial charge in [-0.2, -0.15) is 0 Å². The lowest BCUT2D eigenvalue weighted by atomic mass is 10.0. The van der Waals surface area contributed by atoms with Gasteiger partial charge in [-0.1, -0.05) is 72.3 Å². The highest BCUT2D eigenvalue weighted by Gasteiger charge is 2.14. The normalized spacial score (nSPS) is 11.7. The third-order valence-electron chi connectivity index (χ3n) is 3.49. The smallest absolute Gasteiger partial charge is 0.152 e. The Morgan fingerprint density at radius 1 is 0.870 bits per heavy atom. The molecule has 0 aliphatic heterocycles. The Balaban J connectivity index is 2.07. The zero-order valence-corrected chi connectivity index (χ0v) is 13.5. The number of rotatable bonds is 4. The first-order valence-electron chi connectivity index (χ1n) is 7.41. The predicted octanol–water partition coefficient (Wildman–Crippen LogP) is 4.73. The quantitative estimate of drug-likeness (QED) is 0.652. The average molecular weight is 322 g/mol. The van der Waals surface area contributed by atoms with Crippen molar-refractivity contribution in [2.75, 3.05) is 0 Å². The Bertz CT molecular complexity index is 760. The summed E-state index contributed by atoms with van der Waals surface area (Å²) in [5.41, 5.74) is 3.72. The van der Waals surface area contributed by atoms with Crippen molar-refractivity contribution in [3.8, 4) is 0 Å². The number of nitrogens with zero attached hydrogens (tertiary/aromatic N) is 3. The fourth-order valence-corrected chi connectivity index (χ4v) is 2.64. The Labute approximate surface area is 140 Å². The van der Waals surface area contributed by atoms with Crippen LogP contribution in [0.3, 0.4) is 0 Å². The highest BCUT2D eigenvalue weighted by molar-refractivity contribution is 6.30. The standard InChI is InChI=1S/C19H16ClN3/c1-14(17-19(20)22-13-12-21-17)23-18(15-8-4-2-5-9-15)16-10-6-3-7-11-16/h2-14H,1H3. The van der Waals surface area contributed by atoms with Crippen LogP contribution in [0.25, 0.3) is 0 Å². The summed E-state index contributed by atoms with van der Waals surface area (Å²) in [5, 5.41) is 0.393. The minimum absolute atomic E-state index is 0.188. The van der Waals surface area contributed by atoms with Gasteiger partial charge in [0.2, 0.25) is 0 Å². The molecule has 3 nitrogen and oxygen atoms in total. The number of aromatic nitrogens is 2. The monoisotopic (exact) mass is 321 g/mol. The Morgan fingerprint density at radius 3 is 1.91 bits per heavy atom. The molecule has 3 rings (SSSR count). The van der Waals surface area contributed by atoms with Gasteiger partial charge in [-0.25, -0.2) is 4.98 Å². The van der Waals surface area contributed by atoms with Gasteiger partial charge in [0.15, 0.2) is 5.15 Å². The molecule has 2 aromatic carbocycles. The van der Waals surface area contributed by atoms with Crippen molar-refractivity contribution >= 4 is 17.3 Å². The fraction of sp³-hybridized carbons (Fsp3) is 0.105. The van der Waals surface area contributed by atoms with E-state index in [-0.39, 0.29) is 6.04 Å². The molecule has 4 heteroatoms. The summed E-state index contributed by atoms with van der Waals surface area (Å²) in [6.07, 6.45) is 3.22. The number of hydrogen-bond donors (Lipinski definition) is 0. The van der Waals surface area contributed by atoms with Crippen molar-refractivity contribution < 1.29 is 0 Å². The largest absolute Gasteiger partial charge is 0.275 e. The Kier molecular flexibility index (Phi) is 4.79. The van der Waals surface area contributed by atoms with Crippen LogP contribution < -0.4 is 0 Å². The highest BCUT2D eigenvalue weighted by atomic mass is 35.5. The number of benzene rings is 2. The summed E-state index contributed by atoms with van der Waals surface area (Å²) >= 11 is 6.15. The molecule has 0 aliphatic rings. The average Bonchev–Trinajstić information content (AvgIpc) is 2.61. The maximum atomic E-state index is 6.15. The molecule has 0 bridgehead atoms. The van der Waals surface area contributed by atoms with E-state index in [1.165, 1.54) is 0 Å². The van der Waals surface area contributed by atoms with Crippen molar-refractivity contribution in [1.29, 1.82) is 0 Å². The molecule has 1 unspecified atom stereocenters. The minimum Gasteiger partial charge on any atom is -0.275 e. The summed E-state index contributed by atoms with van der Waals surface area (Å²) in [6, 6.07) is 20.0. The third kappa shape index (κ3) is 3.63. The van der Waals surface area contributed by atoms with Crippen LogP contribution in [0, 0.1) is 0 Å². The van der Waals surface area contributed by atoms with Crippen LogP contribution in [0.1, 0.15) is 29.8 Å². The lowest BCUT2D eigenvalue weighted by Gasteiger charge is -2.12. The Morgan fingerprint density at radius 2 is 1.39 bits per heavy atom. The molecular formula is C19H16ClN3. The van der Waals surface area contributed by atoms with E-state index in [2.05, 4.69) is 34.2 Å². The molecule has 0 saturated carbocycles. The van der Waals surface area contributed by atoms with Crippen LogP contribution in [0.5, 0.6) is 0 Å². The van der Waals surface area contributed by atoms with E-state index < -0.39 is 0 Å². The first-order chi connectivity index (χ1) is 11.3. The molecule has 114 valence electrons. The lowest BCUT2D eigenvalue weighted by Crippen LogP contribution is -2.07. The molecule has 0 aliphatic carbocycles. The third-order valence-corrected chi connectivity index (χ3v) is 3.78. The number of halogens is 1. The molecule has 0 spiro atoms. The fourth-order valence-electron chi connectivity index (χ4n) is 2.37. The van der Waals surface area contributed by atoms with Crippen molar-refractivity contribution in [1.82, 2.24) is 9.97 Å². The summed E-state index contributed by atoms with van der Waals surface area (Å²) in [6.45, 7) is 1.97. The van der Waals surface area contributed by atoms with Crippen LogP contribution in [0.15, 0.2) is 78.0 Å². The lowest BCUT2D eigenvalue weighted by molar-refractivity contribution is 0.775. The molecule has 0 radical (unpaired) electrons. The second kappa shape index (κ2) is 7.16.